The number of alkyl halides is 2. The molecule has 3 aromatic rings. The molecule has 6 rings (SSSR count). The van der Waals surface area contributed by atoms with Crippen LogP contribution in [0.2, 0.25) is 0 Å². The molecule has 1 atom stereocenters. The van der Waals surface area contributed by atoms with Crippen LogP contribution >= 0.6 is 11.9 Å². The van der Waals surface area contributed by atoms with Gasteiger partial charge in [0.15, 0.2) is 0 Å². The summed E-state index contributed by atoms with van der Waals surface area (Å²) in [5.41, 5.74) is 2.31. The average molecular weight is 641 g/mol. The Bertz CT molecular complexity index is 1410. The summed E-state index contributed by atoms with van der Waals surface area (Å²) in [7, 11) is 1.55. The summed E-state index contributed by atoms with van der Waals surface area (Å²) in [6.07, 6.45) is 2.22. The zero-order valence-electron chi connectivity index (χ0n) is 22.9. The molecule has 0 aromatic carbocycles. The van der Waals surface area contributed by atoms with Crippen molar-refractivity contribution >= 4 is 43.7 Å². The summed E-state index contributed by atoms with van der Waals surface area (Å²) in [6.45, 7) is 8.77. The average Bonchev–Trinajstić information content (AvgIpc) is 3.29. The molecule has 1 N–H and O–H groups in total. The number of imidazole rings is 1. The van der Waals surface area contributed by atoms with E-state index in [1.807, 2.05) is 15.5 Å². The molecule has 2 saturated heterocycles. The number of anilines is 1. The molecular formula is C26H33F2N7O3SSe. The molecule has 14 heteroatoms. The van der Waals surface area contributed by atoms with Gasteiger partial charge in [0.05, 0.1) is 0 Å². The Labute approximate surface area is 241 Å². The number of nitrogens with one attached hydrogen (secondary N) is 1. The van der Waals surface area contributed by atoms with E-state index in [-0.39, 0.29) is 22.1 Å². The van der Waals surface area contributed by atoms with Crippen LogP contribution in [-0.4, -0.2) is 95.9 Å². The molecule has 3 aromatic heterocycles. The zero-order valence-corrected chi connectivity index (χ0v) is 25.5. The molecule has 40 heavy (non-hydrogen) atoms. The molecule has 1 saturated carbocycles. The predicted molar refractivity (Wildman–Crippen MR) is 148 cm³/mol. The van der Waals surface area contributed by atoms with E-state index in [1.165, 1.54) is 0 Å². The van der Waals surface area contributed by atoms with Crippen molar-refractivity contribution in [1.29, 1.82) is 0 Å². The van der Waals surface area contributed by atoms with Gasteiger partial charge < -0.3 is 0 Å². The van der Waals surface area contributed by atoms with E-state index in [9.17, 15) is 13.6 Å². The van der Waals surface area contributed by atoms with Gasteiger partial charge in [0, 0.05) is 7.11 Å². The number of carbonyl (C=O) groups excluding carboxylic acids is 1. The van der Waals surface area contributed by atoms with Crippen LogP contribution in [0.4, 0.5) is 14.5 Å². The van der Waals surface area contributed by atoms with Crippen molar-refractivity contribution in [2.45, 2.75) is 68.6 Å². The number of aromatic nitrogens is 4. The van der Waals surface area contributed by atoms with Gasteiger partial charge in [-0.15, -0.1) is 0 Å². The van der Waals surface area contributed by atoms with Crippen LogP contribution in [0.1, 0.15) is 62.8 Å². The molecule has 0 spiro atoms. The molecule has 3 fully saturated rings. The standard InChI is InChI=1S/C26H33F2N7O3SSe/c1-25(2,37-4)24(36)34-10-8-33(9-11-34)16-13-15(39-32-26(3)6-7-26)14-35-19(22-30-31-23(40-22)20(27)28)18(29-21(16)35)17-5-12-38-17/h13-14,17,20,32H,5-12H2,1-4H3. The molecule has 0 radical (unpaired) electrons. The van der Waals surface area contributed by atoms with Crippen molar-refractivity contribution in [3.05, 3.63) is 22.5 Å². The SMILES string of the molecule is COC(C)(C)C(=O)N1CCN(c2cc(SNC3(C)CC3)cn3c(-c4nnc(C(F)F)[se]4)c(C4CCO4)nc23)CC1. The van der Waals surface area contributed by atoms with E-state index in [0.717, 1.165) is 41.2 Å². The Morgan fingerprint density at radius 2 is 2.00 bits per heavy atom. The fourth-order valence-corrected chi connectivity index (χ4v) is 7.28. The fourth-order valence-electron chi connectivity index (χ4n) is 4.81. The second kappa shape index (κ2) is 10.6. The molecule has 1 unspecified atom stereocenters. The summed E-state index contributed by atoms with van der Waals surface area (Å²) >= 11 is 0.865. The normalized spacial score (nSPS) is 20.8. The number of methoxy groups -OCH3 is 1. The van der Waals surface area contributed by atoms with E-state index in [0.29, 0.717) is 43.0 Å². The van der Waals surface area contributed by atoms with Gasteiger partial charge >= 0.3 is 235 Å². The number of ether oxygens (including phenoxy) is 2. The second-order valence-corrected chi connectivity index (χ2v) is 14.2. The molecule has 3 aliphatic rings. The van der Waals surface area contributed by atoms with Gasteiger partial charge in [-0.25, -0.2) is 0 Å². The monoisotopic (exact) mass is 641 g/mol. The predicted octanol–water partition coefficient (Wildman–Crippen LogP) is 3.47. The maximum absolute atomic E-state index is 13.5. The minimum atomic E-state index is -2.63. The van der Waals surface area contributed by atoms with Crippen molar-refractivity contribution < 1.29 is 23.0 Å². The van der Waals surface area contributed by atoms with Crippen LogP contribution in [0.5, 0.6) is 0 Å². The molecule has 2 aliphatic heterocycles. The Hall–Kier alpha value is -2.09. The van der Waals surface area contributed by atoms with E-state index in [2.05, 4.69) is 32.8 Å². The molecule has 5 heterocycles. The van der Waals surface area contributed by atoms with E-state index in [1.54, 1.807) is 32.9 Å². The van der Waals surface area contributed by atoms with Gasteiger partial charge in [0.1, 0.15) is 0 Å². The van der Waals surface area contributed by atoms with Gasteiger partial charge in [-0.05, 0) is 0 Å². The Kier molecular flexibility index (Phi) is 7.45. The first kappa shape index (κ1) is 28.0. The molecule has 10 nitrogen and oxygen atoms in total. The second-order valence-electron chi connectivity index (χ2n) is 11.3. The van der Waals surface area contributed by atoms with E-state index < -0.39 is 26.5 Å². The number of piperazine rings is 1. The van der Waals surface area contributed by atoms with E-state index in [4.69, 9.17) is 14.5 Å². The van der Waals surface area contributed by atoms with Crippen LogP contribution in [0.3, 0.4) is 0 Å². The van der Waals surface area contributed by atoms with Crippen molar-refractivity contribution in [2.24, 2.45) is 0 Å². The van der Waals surface area contributed by atoms with Gasteiger partial charge in [-0.2, -0.15) is 0 Å². The van der Waals surface area contributed by atoms with Gasteiger partial charge in [0.2, 0.25) is 0 Å². The van der Waals surface area contributed by atoms with Crippen LogP contribution in [-0.2, 0) is 14.3 Å². The summed E-state index contributed by atoms with van der Waals surface area (Å²) in [6, 6.07) is 2.13. The van der Waals surface area contributed by atoms with E-state index >= 15 is 0 Å². The number of hydrogen-bond donors (Lipinski definition) is 1. The minimum absolute atomic E-state index is 0.0326. The van der Waals surface area contributed by atoms with Crippen LogP contribution < -0.4 is 9.62 Å². The number of nitrogens with zero attached hydrogens (tertiary/aromatic N) is 6. The van der Waals surface area contributed by atoms with Crippen LogP contribution in [0.15, 0.2) is 17.2 Å². The molecule has 1 amide bonds. The summed E-state index contributed by atoms with van der Waals surface area (Å²) < 4.78 is 44.1. The van der Waals surface area contributed by atoms with Gasteiger partial charge in [0.25, 0.3) is 0 Å². The summed E-state index contributed by atoms with van der Waals surface area (Å²) in [4.78, 5) is 23.1. The van der Waals surface area contributed by atoms with Crippen molar-refractivity contribution in [3.63, 3.8) is 0 Å². The van der Waals surface area contributed by atoms with Crippen LogP contribution in [0.25, 0.3) is 15.9 Å². The Morgan fingerprint density at radius 3 is 2.58 bits per heavy atom. The first-order valence-electron chi connectivity index (χ1n) is 13.4. The quantitative estimate of drug-likeness (QED) is 0.279. The summed E-state index contributed by atoms with van der Waals surface area (Å²) in [5, 5.41) is 8.02. The number of rotatable bonds is 9. The third-order valence-corrected chi connectivity index (χ3v) is 10.9. The van der Waals surface area contributed by atoms with Gasteiger partial charge in [-0.3, -0.25) is 0 Å². The number of hydrogen-bond acceptors (Lipinski definition) is 9. The zero-order chi connectivity index (χ0) is 28.2. The Balaban J connectivity index is 1.40. The number of amides is 1. The summed E-state index contributed by atoms with van der Waals surface area (Å²) in [5.74, 6) is -0.0326. The topological polar surface area (TPSA) is 97.1 Å². The molecule has 0 bridgehead atoms. The number of carbonyl (C=O) groups is 1. The molecule has 216 valence electrons. The fraction of sp³-hybridized carbons (Fsp3) is 0.615. The number of fused-ring (bicyclic) bond motifs is 1. The Morgan fingerprint density at radius 1 is 1.27 bits per heavy atom. The molecule has 1 aliphatic carbocycles. The maximum atomic E-state index is 13.5. The molecular weight excluding hydrogens is 607 g/mol. The first-order valence-corrected chi connectivity index (χ1v) is 15.9. The van der Waals surface area contributed by atoms with Gasteiger partial charge in [-0.1, -0.05) is 0 Å². The third-order valence-electron chi connectivity index (χ3n) is 7.88. The van der Waals surface area contributed by atoms with Crippen LogP contribution in [0, 0.1) is 0 Å². The van der Waals surface area contributed by atoms with Crippen molar-refractivity contribution in [2.75, 3.05) is 44.8 Å². The third kappa shape index (κ3) is 5.30. The number of halogens is 2. The van der Waals surface area contributed by atoms with Crippen molar-refractivity contribution in [1.82, 2.24) is 29.2 Å². The van der Waals surface area contributed by atoms with Crippen molar-refractivity contribution in [3.8, 4) is 10.3 Å². The first-order chi connectivity index (χ1) is 19.1. The number of pyridine rings is 1.